The lowest BCUT2D eigenvalue weighted by Crippen LogP contribution is -2.35. The molecule has 0 saturated carbocycles. The minimum absolute atomic E-state index is 0.135. The molecule has 0 aliphatic carbocycles. The van der Waals surface area contributed by atoms with Gasteiger partial charge in [0, 0.05) is 26.7 Å². The maximum atomic E-state index is 12.4. The Kier molecular flexibility index (Phi) is 4.83. The maximum Gasteiger partial charge on any atom is 0.415 e. The summed E-state index contributed by atoms with van der Waals surface area (Å²) < 4.78 is 28.3. The van der Waals surface area contributed by atoms with Crippen molar-refractivity contribution in [3.05, 3.63) is 47.2 Å². The molecule has 0 N–H and O–H groups in total. The van der Waals surface area contributed by atoms with Crippen LogP contribution in [0.15, 0.2) is 33.7 Å². The van der Waals surface area contributed by atoms with E-state index in [-0.39, 0.29) is 18.7 Å². The number of carbonyl (C=O) groups is 1. The summed E-state index contributed by atoms with van der Waals surface area (Å²) in [4.78, 5) is 18.7. The lowest BCUT2D eigenvalue weighted by Gasteiger charge is -2.17. The third-order valence-corrected chi connectivity index (χ3v) is 6.42. The summed E-state index contributed by atoms with van der Waals surface area (Å²) in [5.74, 6) is 0.993. The van der Waals surface area contributed by atoms with Crippen LogP contribution in [-0.4, -0.2) is 60.6 Å². The zero-order chi connectivity index (χ0) is 21.8. The fourth-order valence-corrected chi connectivity index (χ4v) is 4.69. The number of dihydropyridines is 1. The second-order valence-corrected chi connectivity index (χ2v) is 11.0. The second kappa shape index (κ2) is 7.43. The van der Waals surface area contributed by atoms with Gasteiger partial charge in [0.05, 0.1) is 24.9 Å². The van der Waals surface area contributed by atoms with Crippen LogP contribution in [0.3, 0.4) is 0 Å². The molecule has 5 rings (SSSR count). The number of aromatic nitrogens is 2. The fraction of sp³-hybridized carbons (Fsp3) is 0.429. The van der Waals surface area contributed by atoms with E-state index in [1.807, 2.05) is 12.1 Å². The molecule has 31 heavy (non-hydrogen) atoms. The number of cyclic esters (lactones) is 1. The van der Waals surface area contributed by atoms with E-state index in [1.165, 1.54) is 0 Å². The molecule has 1 amide bonds. The summed E-state index contributed by atoms with van der Waals surface area (Å²) >= 11 is 0. The standard InChI is InChI=1S/C21H23N4O5P/c1-12-23-24-20(29-12)16-6-4-14(10-22-16)13-5-7-17-15(8-13)9-18-19(11-28-31(2,3)27)30-21(26)25(17)18/h4-5,7-8,18-19H,6,9-11H2,1-3H3. The van der Waals surface area contributed by atoms with E-state index in [2.05, 4.69) is 27.3 Å². The van der Waals surface area contributed by atoms with Gasteiger partial charge in [-0.1, -0.05) is 12.1 Å². The molecule has 2 unspecified atom stereocenters. The Bertz CT molecular complexity index is 1160. The van der Waals surface area contributed by atoms with Gasteiger partial charge in [-0.2, -0.15) is 0 Å². The molecular weight excluding hydrogens is 419 g/mol. The first kappa shape index (κ1) is 20.2. The quantitative estimate of drug-likeness (QED) is 0.653. The predicted octanol–water partition coefficient (Wildman–Crippen LogP) is 3.46. The second-order valence-electron chi connectivity index (χ2n) is 8.28. The van der Waals surface area contributed by atoms with Gasteiger partial charge in [-0.05, 0) is 35.3 Å². The van der Waals surface area contributed by atoms with Crippen molar-refractivity contribution < 1.29 is 23.0 Å². The van der Waals surface area contributed by atoms with Crippen LogP contribution in [-0.2, 0) is 20.2 Å². The van der Waals surface area contributed by atoms with Crippen LogP contribution >= 0.6 is 7.37 Å². The molecule has 10 heteroatoms. The Labute approximate surface area is 179 Å². The van der Waals surface area contributed by atoms with E-state index in [0.717, 1.165) is 28.1 Å². The fourth-order valence-electron chi connectivity index (χ4n) is 4.18. The van der Waals surface area contributed by atoms with Gasteiger partial charge in [0.1, 0.15) is 11.8 Å². The van der Waals surface area contributed by atoms with Gasteiger partial charge in [-0.3, -0.25) is 14.5 Å². The van der Waals surface area contributed by atoms with E-state index < -0.39 is 13.5 Å². The third kappa shape index (κ3) is 3.83. The number of aliphatic imine (C=N–C) groups is 1. The molecular formula is C21H23N4O5P. The van der Waals surface area contributed by atoms with Crippen molar-refractivity contribution >= 4 is 30.4 Å². The number of allylic oxidation sites excluding steroid dienone is 1. The molecule has 9 nitrogen and oxygen atoms in total. The largest absolute Gasteiger partial charge is 0.441 e. The van der Waals surface area contributed by atoms with Crippen molar-refractivity contribution in [2.45, 2.75) is 31.9 Å². The molecule has 1 saturated heterocycles. The number of anilines is 1. The van der Waals surface area contributed by atoms with Crippen molar-refractivity contribution in [3.8, 4) is 0 Å². The molecule has 1 aromatic carbocycles. The molecule has 4 heterocycles. The summed E-state index contributed by atoms with van der Waals surface area (Å²) in [5, 5.41) is 7.90. The Morgan fingerprint density at radius 1 is 1.29 bits per heavy atom. The summed E-state index contributed by atoms with van der Waals surface area (Å²) in [6, 6.07) is 5.94. The molecule has 3 aliphatic heterocycles. The number of rotatable bonds is 5. The highest BCUT2D eigenvalue weighted by atomic mass is 31.2. The highest BCUT2D eigenvalue weighted by molar-refractivity contribution is 7.57. The van der Waals surface area contributed by atoms with Crippen molar-refractivity contribution in [3.63, 3.8) is 0 Å². The lowest BCUT2D eigenvalue weighted by atomic mass is 9.97. The van der Waals surface area contributed by atoms with Gasteiger partial charge in [-0.25, -0.2) is 4.79 Å². The van der Waals surface area contributed by atoms with Crippen LogP contribution in [0.2, 0.25) is 0 Å². The molecule has 0 spiro atoms. The number of hydrogen-bond acceptors (Lipinski definition) is 8. The highest BCUT2D eigenvalue weighted by Crippen LogP contribution is 2.43. The van der Waals surface area contributed by atoms with Crippen LogP contribution in [0.1, 0.15) is 29.3 Å². The van der Waals surface area contributed by atoms with Crippen LogP contribution in [0, 0.1) is 6.92 Å². The topological polar surface area (TPSA) is 107 Å². The minimum atomic E-state index is -2.65. The first-order valence-electron chi connectivity index (χ1n) is 10.1. The summed E-state index contributed by atoms with van der Waals surface area (Å²) in [6.07, 6.45) is 2.61. The minimum Gasteiger partial charge on any atom is -0.441 e. The molecule has 2 aromatic rings. The first-order chi connectivity index (χ1) is 14.8. The number of carbonyl (C=O) groups excluding carboxylic acids is 1. The Morgan fingerprint density at radius 2 is 2.13 bits per heavy atom. The van der Waals surface area contributed by atoms with Gasteiger partial charge in [0.25, 0.3) is 5.89 Å². The first-order valence-corrected chi connectivity index (χ1v) is 12.7. The zero-order valence-corrected chi connectivity index (χ0v) is 18.5. The summed E-state index contributed by atoms with van der Waals surface area (Å²) in [5.41, 5.74) is 4.94. The van der Waals surface area contributed by atoms with E-state index in [9.17, 15) is 9.36 Å². The van der Waals surface area contributed by atoms with Gasteiger partial charge in [0.15, 0.2) is 7.37 Å². The number of ether oxygens (including phenoxy) is 1. The van der Waals surface area contributed by atoms with Crippen molar-refractivity contribution in [1.29, 1.82) is 0 Å². The van der Waals surface area contributed by atoms with Crippen LogP contribution in [0.5, 0.6) is 0 Å². The van der Waals surface area contributed by atoms with Gasteiger partial charge in [0.2, 0.25) is 5.89 Å². The van der Waals surface area contributed by atoms with Crippen LogP contribution < -0.4 is 4.90 Å². The van der Waals surface area contributed by atoms with E-state index >= 15 is 0 Å². The van der Waals surface area contributed by atoms with E-state index in [1.54, 1.807) is 25.2 Å². The number of amides is 1. The smallest absolute Gasteiger partial charge is 0.415 e. The maximum absolute atomic E-state index is 12.4. The Hall–Kier alpha value is -2.77. The zero-order valence-electron chi connectivity index (χ0n) is 17.6. The number of benzene rings is 1. The monoisotopic (exact) mass is 442 g/mol. The van der Waals surface area contributed by atoms with Crippen LogP contribution in [0.4, 0.5) is 10.5 Å². The molecule has 2 atom stereocenters. The number of aryl methyl sites for hydroxylation is 1. The van der Waals surface area contributed by atoms with Gasteiger partial charge >= 0.3 is 6.09 Å². The lowest BCUT2D eigenvalue weighted by molar-refractivity contribution is 0.0935. The Morgan fingerprint density at radius 3 is 2.81 bits per heavy atom. The molecule has 0 radical (unpaired) electrons. The van der Waals surface area contributed by atoms with Crippen molar-refractivity contribution in [1.82, 2.24) is 10.2 Å². The van der Waals surface area contributed by atoms with Crippen molar-refractivity contribution in [2.75, 3.05) is 31.4 Å². The normalized spacial score (nSPS) is 22.7. The predicted molar refractivity (Wildman–Crippen MR) is 115 cm³/mol. The SMILES string of the molecule is Cc1nnc(C2=NCC(c3ccc4c(c3)CC3C(COP(C)(C)=O)OC(=O)N43)=CC2)o1. The van der Waals surface area contributed by atoms with Crippen molar-refractivity contribution in [2.24, 2.45) is 4.99 Å². The number of hydrogen-bond donors (Lipinski definition) is 0. The molecule has 162 valence electrons. The third-order valence-electron chi connectivity index (χ3n) is 5.65. The molecule has 3 aliphatic rings. The van der Waals surface area contributed by atoms with E-state index in [4.69, 9.17) is 13.7 Å². The molecule has 1 aromatic heterocycles. The van der Waals surface area contributed by atoms with E-state index in [0.29, 0.717) is 31.2 Å². The molecule has 0 bridgehead atoms. The average Bonchev–Trinajstić information content (AvgIpc) is 3.41. The summed E-state index contributed by atoms with van der Waals surface area (Å²) in [7, 11) is -2.65. The molecule has 1 fully saturated rings. The number of nitrogens with zero attached hydrogens (tertiary/aromatic N) is 4. The van der Waals surface area contributed by atoms with Gasteiger partial charge in [-0.15, -0.1) is 10.2 Å². The number of fused-ring (bicyclic) bond motifs is 3. The Balaban J connectivity index is 1.32. The highest BCUT2D eigenvalue weighted by Gasteiger charge is 2.47. The van der Waals surface area contributed by atoms with Crippen LogP contribution in [0.25, 0.3) is 5.57 Å². The van der Waals surface area contributed by atoms with Gasteiger partial charge < -0.3 is 13.7 Å². The summed E-state index contributed by atoms with van der Waals surface area (Å²) in [6.45, 7) is 5.54. The average molecular weight is 442 g/mol.